The van der Waals surface area contributed by atoms with Crippen molar-refractivity contribution in [2.75, 3.05) is 26.3 Å². The molecule has 2 fully saturated rings. The summed E-state index contributed by atoms with van der Waals surface area (Å²) in [6, 6.07) is 19.4. The van der Waals surface area contributed by atoms with E-state index in [4.69, 9.17) is 4.74 Å². The van der Waals surface area contributed by atoms with E-state index in [0.717, 1.165) is 19.6 Å². The van der Waals surface area contributed by atoms with E-state index in [-0.39, 0.29) is 5.92 Å². The van der Waals surface area contributed by atoms with Crippen molar-refractivity contribution in [1.82, 2.24) is 9.47 Å². The Morgan fingerprint density at radius 2 is 1.66 bits per heavy atom. The number of para-hydroxylation sites is 1. The standard InChI is InChI=1S/C28H34N2O2/c31-28(29-15-17-32-18-16-29)19-25(23-11-5-2-6-12-23)26-21-30(20-22-9-3-1-4-10-22)27-14-8-7-13-24(26)27/h1,3-4,7-10,13-14,21,23,25H,2,5-6,11-12,15-20H2. The number of nitrogens with zero attached hydrogens (tertiary/aromatic N) is 2. The molecule has 1 atom stereocenters. The predicted octanol–water partition coefficient (Wildman–Crippen LogP) is 5.60. The number of ether oxygens (including phenoxy) is 1. The molecule has 32 heavy (non-hydrogen) atoms. The molecular weight excluding hydrogens is 396 g/mol. The summed E-state index contributed by atoms with van der Waals surface area (Å²) in [5.74, 6) is 1.17. The summed E-state index contributed by atoms with van der Waals surface area (Å²) < 4.78 is 7.86. The topological polar surface area (TPSA) is 34.5 Å². The lowest BCUT2D eigenvalue weighted by Crippen LogP contribution is -2.41. The zero-order valence-corrected chi connectivity index (χ0v) is 18.9. The van der Waals surface area contributed by atoms with Gasteiger partial charge in [0.2, 0.25) is 5.91 Å². The van der Waals surface area contributed by atoms with Crippen molar-refractivity contribution in [3.8, 4) is 0 Å². The van der Waals surface area contributed by atoms with Crippen LogP contribution in [0.4, 0.5) is 0 Å². The van der Waals surface area contributed by atoms with Crippen LogP contribution in [0, 0.1) is 5.92 Å². The van der Waals surface area contributed by atoms with Crippen LogP contribution in [0.1, 0.15) is 55.6 Å². The molecule has 1 amide bonds. The molecule has 0 N–H and O–H groups in total. The zero-order valence-electron chi connectivity index (χ0n) is 18.9. The summed E-state index contributed by atoms with van der Waals surface area (Å²) in [6.07, 6.45) is 9.34. The monoisotopic (exact) mass is 430 g/mol. The van der Waals surface area contributed by atoms with E-state index < -0.39 is 0 Å². The van der Waals surface area contributed by atoms with Crippen LogP contribution in [0.25, 0.3) is 10.9 Å². The minimum atomic E-state index is 0.285. The second-order valence-corrected chi connectivity index (χ2v) is 9.42. The van der Waals surface area contributed by atoms with Crippen LogP contribution in [0.5, 0.6) is 0 Å². The minimum absolute atomic E-state index is 0.285. The average Bonchev–Trinajstić information content (AvgIpc) is 3.22. The number of amides is 1. The van der Waals surface area contributed by atoms with Crippen LogP contribution in [-0.4, -0.2) is 41.7 Å². The number of hydrogen-bond acceptors (Lipinski definition) is 2. The van der Waals surface area contributed by atoms with Gasteiger partial charge >= 0.3 is 0 Å². The number of benzene rings is 2. The van der Waals surface area contributed by atoms with Gasteiger partial charge < -0.3 is 14.2 Å². The van der Waals surface area contributed by atoms with Crippen molar-refractivity contribution >= 4 is 16.8 Å². The average molecular weight is 431 g/mol. The second-order valence-electron chi connectivity index (χ2n) is 9.42. The van der Waals surface area contributed by atoms with Gasteiger partial charge in [0.1, 0.15) is 0 Å². The fourth-order valence-electron chi connectivity index (χ4n) is 5.68. The van der Waals surface area contributed by atoms with E-state index in [2.05, 4.69) is 65.4 Å². The molecule has 0 spiro atoms. The number of rotatable bonds is 6. The molecule has 1 aliphatic carbocycles. The van der Waals surface area contributed by atoms with Gasteiger partial charge in [-0.05, 0) is 41.9 Å². The molecular formula is C28H34N2O2. The molecule has 2 aliphatic rings. The lowest BCUT2D eigenvalue weighted by molar-refractivity contribution is -0.136. The van der Waals surface area contributed by atoms with Crippen LogP contribution < -0.4 is 0 Å². The highest BCUT2D eigenvalue weighted by Crippen LogP contribution is 2.42. The number of aromatic nitrogens is 1. The Morgan fingerprint density at radius 1 is 0.938 bits per heavy atom. The Hall–Kier alpha value is -2.59. The smallest absolute Gasteiger partial charge is 0.223 e. The number of carbonyl (C=O) groups excluding carboxylic acids is 1. The first kappa shape index (κ1) is 21.3. The molecule has 2 aromatic carbocycles. The lowest BCUT2D eigenvalue weighted by atomic mass is 9.75. The van der Waals surface area contributed by atoms with Gasteiger partial charge in [0, 0.05) is 43.2 Å². The van der Waals surface area contributed by atoms with Crippen molar-refractivity contribution in [1.29, 1.82) is 0 Å². The minimum Gasteiger partial charge on any atom is -0.378 e. The van der Waals surface area contributed by atoms with Gasteiger partial charge in [0.15, 0.2) is 0 Å². The van der Waals surface area contributed by atoms with Gasteiger partial charge in [-0.3, -0.25) is 4.79 Å². The highest BCUT2D eigenvalue weighted by molar-refractivity contribution is 5.86. The highest BCUT2D eigenvalue weighted by Gasteiger charge is 2.31. The molecule has 3 aromatic rings. The maximum absolute atomic E-state index is 13.3. The number of carbonyl (C=O) groups is 1. The van der Waals surface area contributed by atoms with Crippen molar-refractivity contribution < 1.29 is 9.53 Å². The largest absolute Gasteiger partial charge is 0.378 e. The maximum atomic E-state index is 13.3. The summed E-state index contributed by atoms with van der Waals surface area (Å²) in [7, 11) is 0. The molecule has 1 saturated carbocycles. The van der Waals surface area contributed by atoms with Gasteiger partial charge in [0.25, 0.3) is 0 Å². The van der Waals surface area contributed by atoms with Gasteiger partial charge in [0.05, 0.1) is 13.2 Å². The zero-order chi connectivity index (χ0) is 21.8. The first-order valence-corrected chi connectivity index (χ1v) is 12.3. The first-order chi connectivity index (χ1) is 15.8. The van der Waals surface area contributed by atoms with Crippen molar-refractivity contribution in [2.45, 2.75) is 51.0 Å². The van der Waals surface area contributed by atoms with E-state index in [9.17, 15) is 4.79 Å². The Kier molecular flexibility index (Phi) is 6.59. The van der Waals surface area contributed by atoms with Crippen LogP contribution >= 0.6 is 0 Å². The second kappa shape index (κ2) is 9.91. The van der Waals surface area contributed by atoms with E-state index in [1.54, 1.807) is 0 Å². The molecule has 4 heteroatoms. The Bertz CT molecular complexity index is 1030. The number of morpholine rings is 1. The van der Waals surface area contributed by atoms with Gasteiger partial charge in [-0.25, -0.2) is 0 Å². The van der Waals surface area contributed by atoms with E-state index >= 15 is 0 Å². The highest BCUT2D eigenvalue weighted by atomic mass is 16.5. The first-order valence-electron chi connectivity index (χ1n) is 12.3. The molecule has 1 aromatic heterocycles. The summed E-state index contributed by atoms with van der Waals surface area (Å²) in [4.78, 5) is 15.3. The lowest BCUT2D eigenvalue weighted by Gasteiger charge is -2.33. The maximum Gasteiger partial charge on any atom is 0.223 e. The third-order valence-corrected chi connectivity index (χ3v) is 7.39. The van der Waals surface area contributed by atoms with E-state index in [0.29, 0.717) is 31.5 Å². The Balaban J connectivity index is 1.49. The molecule has 0 bridgehead atoms. The van der Waals surface area contributed by atoms with Crippen molar-refractivity contribution in [2.24, 2.45) is 5.92 Å². The fraction of sp³-hybridized carbons (Fsp3) is 0.464. The van der Waals surface area contributed by atoms with Crippen LogP contribution in [-0.2, 0) is 16.1 Å². The molecule has 1 unspecified atom stereocenters. The van der Waals surface area contributed by atoms with Gasteiger partial charge in [-0.2, -0.15) is 0 Å². The summed E-state index contributed by atoms with van der Waals surface area (Å²) >= 11 is 0. The Labute approximate surface area is 191 Å². The quantitative estimate of drug-likeness (QED) is 0.510. The molecule has 0 radical (unpaired) electrons. The molecule has 5 rings (SSSR count). The summed E-state index contributed by atoms with van der Waals surface area (Å²) in [5, 5.41) is 1.31. The summed E-state index contributed by atoms with van der Waals surface area (Å²) in [5.41, 5.74) is 3.94. The van der Waals surface area contributed by atoms with Crippen LogP contribution in [0.3, 0.4) is 0 Å². The third kappa shape index (κ3) is 4.61. The van der Waals surface area contributed by atoms with E-state index in [1.165, 1.54) is 54.1 Å². The van der Waals surface area contributed by atoms with Crippen LogP contribution in [0.2, 0.25) is 0 Å². The fourth-order valence-corrected chi connectivity index (χ4v) is 5.68. The predicted molar refractivity (Wildman–Crippen MR) is 129 cm³/mol. The van der Waals surface area contributed by atoms with Crippen molar-refractivity contribution in [3.63, 3.8) is 0 Å². The Morgan fingerprint density at radius 3 is 2.44 bits per heavy atom. The molecule has 4 nitrogen and oxygen atoms in total. The van der Waals surface area contributed by atoms with E-state index in [1.807, 2.05) is 4.90 Å². The third-order valence-electron chi connectivity index (χ3n) is 7.39. The number of hydrogen-bond donors (Lipinski definition) is 0. The number of fused-ring (bicyclic) bond motifs is 1. The molecule has 168 valence electrons. The molecule has 1 aliphatic heterocycles. The SMILES string of the molecule is O=C(CC(c1cn(Cc2ccccc2)c2ccccc12)C1CCCCC1)N1CCOCC1. The summed E-state index contributed by atoms with van der Waals surface area (Å²) in [6.45, 7) is 3.64. The van der Waals surface area contributed by atoms with Gasteiger partial charge in [-0.1, -0.05) is 67.8 Å². The molecule has 1 saturated heterocycles. The van der Waals surface area contributed by atoms with Crippen molar-refractivity contribution in [3.05, 3.63) is 71.9 Å². The van der Waals surface area contributed by atoms with Crippen LogP contribution in [0.15, 0.2) is 60.8 Å². The normalized spacial score (nSPS) is 18.7. The van der Waals surface area contributed by atoms with Gasteiger partial charge in [-0.15, -0.1) is 0 Å². The molecule has 2 heterocycles.